The van der Waals surface area contributed by atoms with Crippen LogP contribution in [0.2, 0.25) is 0 Å². The molecule has 7 heteroatoms. The third kappa shape index (κ3) is 1.57. The van der Waals surface area contributed by atoms with Crippen molar-refractivity contribution in [2.75, 3.05) is 13.1 Å². The van der Waals surface area contributed by atoms with Crippen molar-refractivity contribution in [2.24, 2.45) is 5.92 Å². The highest BCUT2D eigenvalue weighted by atomic mass is 16.3. The van der Waals surface area contributed by atoms with Crippen molar-refractivity contribution in [1.82, 2.24) is 25.1 Å². The smallest absolute Gasteiger partial charge is 0.244 e. The highest BCUT2D eigenvalue weighted by Crippen LogP contribution is 2.44. The fourth-order valence-electron chi connectivity index (χ4n) is 2.16. The molecular weight excluding hydrogens is 210 g/mol. The van der Waals surface area contributed by atoms with Crippen LogP contribution >= 0.6 is 0 Å². The van der Waals surface area contributed by atoms with Crippen LogP contribution in [0.25, 0.3) is 0 Å². The number of aliphatic hydroxyl groups is 1. The van der Waals surface area contributed by atoms with Gasteiger partial charge in [-0.25, -0.2) is 4.68 Å². The van der Waals surface area contributed by atoms with Crippen LogP contribution < -0.4 is 0 Å². The van der Waals surface area contributed by atoms with Crippen LogP contribution in [0, 0.1) is 5.92 Å². The second-order valence-corrected chi connectivity index (χ2v) is 4.64. The summed E-state index contributed by atoms with van der Waals surface area (Å²) in [5.74, 6) is 0.363. The third-order valence-corrected chi connectivity index (χ3v) is 3.31. The van der Waals surface area contributed by atoms with E-state index in [1.54, 1.807) is 4.90 Å². The van der Waals surface area contributed by atoms with Crippen LogP contribution in [-0.4, -0.2) is 54.8 Å². The van der Waals surface area contributed by atoms with Crippen LogP contribution in [0.15, 0.2) is 6.33 Å². The lowest BCUT2D eigenvalue weighted by Crippen LogP contribution is -2.65. The average Bonchev–Trinajstić information content (AvgIpc) is 2.94. The molecule has 86 valence electrons. The van der Waals surface area contributed by atoms with Gasteiger partial charge in [0.05, 0.1) is 13.1 Å². The molecule has 1 aliphatic heterocycles. The number of nitrogens with zero attached hydrogens (tertiary/aromatic N) is 5. The molecular formula is C9H13N5O2. The lowest BCUT2D eigenvalue weighted by Gasteiger charge is -2.46. The number of tetrazole rings is 1. The van der Waals surface area contributed by atoms with Crippen molar-refractivity contribution < 1.29 is 9.90 Å². The summed E-state index contributed by atoms with van der Waals surface area (Å²) in [4.78, 5) is 13.4. The number of rotatable bonds is 3. The largest absolute Gasteiger partial charge is 0.386 e. The van der Waals surface area contributed by atoms with E-state index in [2.05, 4.69) is 15.5 Å². The van der Waals surface area contributed by atoms with E-state index in [-0.39, 0.29) is 12.5 Å². The van der Waals surface area contributed by atoms with Gasteiger partial charge in [-0.1, -0.05) is 0 Å². The Hall–Kier alpha value is -1.50. The highest BCUT2D eigenvalue weighted by molar-refractivity contribution is 5.77. The summed E-state index contributed by atoms with van der Waals surface area (Å²) in [6, 6.07) is 0. The number of carbonyl (C=O) groups excluding carboxylic acids is 1. The minimum absolute atomic E-state index is 0.0439. The summed E-state index contributed by atoms with van der Waals surface area (Å²) in [7, 11) is 0. The second-order valence-electron chi connectivity index (χ2n) is 4.64. The monoisotopic (exact) mass is 223 g/mol. The number of likely N-dealkylation sites (tertiary alicyclic amines) is 1. The van der Waals surface area contributed by atoms with E-state index in [9.17, 15) is 9.90 Å². The SMILES string of the molecule is O=C(Cn1cnnn1)N1CC(O)(C2CC2)C1. The number of β-amino-alcohol motifs (C(OH)–C–C–N with tert-alkyl or cyclic N) is 1. The molecule has 0 aromatic carbocycles. The Bertz CT molecular complexity index is 394. The van der Waals surface area contributed by atoms with Crippen molar-refractivity contribution in [2.45, 2.75) is 25.0 Å². The molecule has 0 spiro atoms. The molecule has 0 atom stereocenters. The van der Waals surface area contributed by atoms with Crippen molar-refractivity contribution in [3.05, 3.63) is 6.33 Å². The van der Waals surface area contributed by atoms with E-state index in [1.165, 1.54) is 11.0 Å². The molecule has 1 aromatic heterocycles. The van der Waals surface area contributed by atoms with Crippen LogP contribution in [0.4, 0.5) is 0 Å². The van der Waals surface area contributed by atoms with E-state index >= 15 is 0 Å². The van der Waals surface area contributed by atoms with E-state index in [0.29, 0.717) is 19.0 Å². The van der Waals surface area contributed by atoms with Gasteiger partial charge in [-0.2, -0.15) is 0 Å². The van der Waals surface area contributed by atoms with E-state index < -0.39 is 5.60 Å². The first kappa shape index (κ1) is 9.71. The summed E-state index contributed by atoms with van der Waals surface area (Å²) in [6.07, 6.45) is 3.59. The van der Waals surface area contributed by atoms with Gasteiger partial charge < -0.3 is 10.0 Å². The molecule has 0 bridgehead atoms. The Morgan fingerprint density at radius 1 is 1.50 bits per heavy atom. The Balaban J connectivity index is 1.54. The molecule has 1 N–H and O–H groups in total. The van der Waals surface area contributed by atoms with Gasteiger partial charge in [-0.15, -0.1) is 5.10 Å². The highest BCUT2D eigenvalue weighted by Gasteiger charge is 2.53. The van der Waals surface area contributed by atoms with Gasteiger partial charge in [0.15, 0.2) is 0 Å². The molecule has 1 aliphatic carbocycles. The predicted octanol–water partition coefficient (Wildman–Crippen LogP) is -1.34. The van der Waals surface area contributed by atoms with E-state index in [4.69, 9.17) is 0 Å². The lowest BCUT2D eigenvalue weighted by molar-refractivity contribution is -0.160. The molecule has 16 heavy (non-hydrogen) atoms. The summed E-state index contributed by atoms with van der Waals surface area (Å²) in [5, 5.41) is 20.6. The zero-order valence-electron chi connectivity index (χ0n) is 8.78. The molecule has 0 unspecified atom stereocenters. The average molecular weight is 223 g/mol. The third-order valence-electron chi connectivity index (χ3n) is 3.31. The van der Waals surface area contributed by atoms with Crippen molar-refractivity contribution in [1.29, 1.82) is 0 Å². The second kappa shape index (κ2) is 3.24. The molecule has 1 aromatic rings. The molecule has 1 saturated heterocycles. The summed E-state index contributed by atoms with van der Waals surface area (Å²) in [5.41, 5.74) is -0.615. The lowest BCUT2D eigenvalue weighted by atomic mass is 9.89. The summed E-state index contributed by atoms with van der Waals surface area (Å²) in [6.45, 7) is 1.06. The number of hydrogen-bond donors (Lipinski definition) is 1. The zero-order chi connectivity index (χ0) is 11.2. The van der Waals surface area contributed by atoms with Crippen molar-refractivity contribution in [3.8, 4) is 0 Å². The van der Waals surface area contributed by atoms with Gasteiger partial charge in [0.1, 0.15) is 18.5 Å². The summed E-state index contributed by atoms with van der Waals surface area (Å²) < 4.78 is 1.39. The summed E-state index contributed by atoms with van der Waals surface area (Å²) >= 11 is 0. The quantitative estimate of drug-likeness (QED) is 0.685. The maximum atomic E-state index is 11.7. The van der Waals surface area contributed by atoms with Crippen molar-refractivity contribution >= 4 is 5.91 Å². The van der Waals surface area contributed by atoms with Crippen LogP contribution in [-0.2, 0) is 11.3 Å². The first-order valence-electron chi connectivity index (χ1n) is 5.38. The molecule has 2 fully saturated rings. The van der Waals surface area contributed by atoms with Gasteiger partial charge >= 0.3 is 0 Å². The van der Waals surface area contributed by atoms with E-state index in [0.717, 1.165) is 12.8 Å². The standard InChI is InChI=1S/C9H13N5O2/c15-8(3-14-6-10-11-12-14)13-4-9(16,5-13)7-1-2-7/h6-7,16H,1-5H2. The van der Waals surface area contributed by atoms with Gasteiger partial charge in [0.2, 0.25) is 5.91 Å². The molecule has 1 saturated carbocycles. The van der Waals surface area contributed by atoms with Gasteiger partial charge in [-0.05, 0) is 29.2 Å². The van der Waals surface area contributed by atoms with Gasteiger partial charge in [0.25, 0.3) is 0 Å². The Morgan fingerprint density at radius 2 is 2.25 bits per heavy atom. The minimum Gasteiger partial charge on any atom is -0.386 e. The van der Waals surface area contributed by atoms with Gasteiger partial charge in [-0.3, -0.25) is 4.79 Å². The fourth-order valence-corrected chi connectivity index (χ4v) is 2.16. The molecule has 3 rings (SSSR count). The Kier molecular flexibility index (Phi) is 1.97. The predicted molar refractivity (Wildman–Crippen MR) is 52.1 cm³/mol. The molecule has 0 radical (unpaired) electrons. The topological polar surface area (TPSA) is 84.1 Å². The Morgan fingerprint density at radius 3 is 2.81 bits per heavy atom. The Labute approximate surface area is 92.0 Å². The van der Waals surface area contributed by atoms with Crippen LogP contribution in [0.3, 0.4) is 0 Å². The number of carbonyl (C=O) groups is 1. The molecule has 7 nitrogen and oxygen atoms in total. The fraction of sp³-hybridized carbons (Fsp3) is 0.778. The van der Waals surface area contributed by atoms with Crippen molar-refractivity contribution in [3.63, 3.8) is 0 Å². The van der Waals surface area contributed by atoms with Gasteiger partial charge in [0, 0.05) is 0 Å². The first-order chi connectivity index (χ1) is 7.67. The maximum absolute atomic E-state index is 11.7. The number of hydrogen-bond acceptors (Lipinski definition) is 5. The number of amides is 1. The molecule has 2 aliphatic rings. The number of aromatic nitrogens is 4. The van der Waals surface area contributed by atoms with Crippen LogP contribution in [0.1, 0.15) is 12.8 Å². The minimum atomic E-state index is -0.615. The zero-order valence-corrected chi connectivity index (χ0v) is 8.78. The maximum Gasteiger partial charge on any atom is 0.244 e. The molecule has 2 heterocycles. The first-order valence-corrected chi connectivity index (χ1v) is 5.38. The molecule has 1 amide bonds. The van der Waals surface area contributed by atoms with Crippen LogP contribution in [0.5, 0.6) is 0 Å². The van der Waals surface area contributed by atoms with E-state index in [1.807, 2.05) is 0 Å². The normalized spacial score (nSPS) is 22.9.